The van der Waals surface area contributed by atoms with Crippen molar-refractivity contribution in [3.8, 4) is 5.75 Å². The van der Waals surface area contributed by atoms with E-state index in [1.165, 1.54) is 0 Å². The number of esters is 1. The predicted molar refractivity (Wildman–Crippen MR) is 97.9 cm³/mol. The van der Waals surface area contributed by atoms with Crippen LogP contribution in [0.25, 0.3) is 0 Å². The van der Waals surface area contributed by atoms with Gasteiger partial charge in [0.05, 0.1) is 13.2 Å². The Morgan fingerprint density at radius 1 is 1.24 bits per heavy atom. The molecule has 0 aromatic heterocycles. The van der Waals surface area contributed by atoms with E-state index < -0.39 is 5.97 Å². The Kier molecular flexibility index (Phi) is 6.45. The molecule has 2 rings (SSSR count). The summed E-state index contributed by atoms with van der Waals surface area (Å²) in [5, 5.41) is 2.95. The molecule has 0 saturated heterocycles. The van der Waals surface area contributed by atoms with Crippen LogP contribution in [0.15, 0.2) is 18.2 Å². The normalized spacial score (nSPS) is 15.9. The van der Waals surface area contributed by atoms with Crippen molar-refractivity contribution in [2.24, 2.45) is 11.3 Å². The lowest BCUT2D eigenvalue weighted by atomic mass is 9.88. The molecule has 0 unspecified atom stereocenters. The first kappa shape index (κ1) is 19.3. The summed E-state index contributed by atoms with van der Waals surface area (Å²) in [4.78, 5) is 24.8. The number of hydrogen-bond donors (Lipinski definition) is 1. The number of benzene rings is 1. The number of ether oxygens (including phenoxy) is 2. The molecule has 5 heteroatoms. The number of rotatable bonds is 7. The van der Waals surface area contributed by atoms with Crippen LogP contribution < -0.4 is 10.1 Å². The number of nitrogens with one attached hydrogen (secondary N) is 1. The number of hydrogen-bond acceptors (Lipinski definition) is 4. The van der Waals surface area contributed by atoms with Crippen molar-refractivity contribution < 1.29 is 19.1 Å². The van der Waals surface area contributed by atoms with Crippen molar-refractivity contribution in [1.82, 2.24) is 0 Å². The zero-order valence-electron chi connectivity index (χ0n) is 15.7. The number of carbonyl (C=O) groups excluding carboxylic acids is 2. The van der Waals surface area contributed by atoms with Crippen molar-refractivity contribution in [3.05, 3.63) is 23.8 Å². The maximum Gasteiger partial charge on any atom is 0.341 e. The molecule has 0 bridgehead atoms. The Hall–Kier alpha value is -2.04. The molecule has 0 spiro atoms. The first-order valence-electron chi connectivity index (χ1n) is 9.11. The van der Waals surface area contributed by atoms with E-state index in [1.807, 2.05) is 20.8 Å². The average Bonchev–Trinajstić information content (AvgIpc) is 3.01. The number of amides is 1. The summed E-state index contributed by atoms with van der Waals surface area (Å²) in [7, 11) is 0. The van der Waals surface area contributed by atoms with Gasteiger partial charge in [-0.15, -0.1) is 0 Å². The van der Waals surface area contributed by atoms with Crippen LogP contribution in [0.3, 0.4) is 0 Å². The highest BCUT2D eigenvalue weighted by Gasteiger charge is 2.36. The molecule has 1 aliphatic carbocycles. The molecule has 1 aliphatic rings. The van der Waals surface area contributed by atoms with Gasteiger partial charge in [-0.2, -0.15) is 0 Å². The van der Waals surface area contributed by atoms with Gasteiger partial charge in [0.2, 0.25) is 5.91 Å². The van der Waals surface area contributed by atoms with Gasteiger partial charge in [-0.05, 0) is 43.9 Å². The van der Waals surface area contributed by atoms with E-state index in [4.69, 9.17) is 9.47 Å². The number of carbonyl (C=O) groups is 2. The Morgan fingerprint density at radius 3 is 2.52 bits per heavy atom. The second-order valence-electron chi connectivity index (χ2n) is 7.36. The predicted octanol–water partition coefficient (Wildman–Crippen LogP) is 4.42. The summed E-state index contributed by atoms with van der Waals surface area (Å²) in [5.74, 6) is 0.397. The molecule has 1 fully saturated rings. The summed E-state index contributed by atoms with van der Waals surface area (Å²) in [6, 6.07) is 5.14. The summed E-state index contributed by atoms with van der Waals surface area (Å²) >= 11 is 0. The van der Waals surface area contributed by atoms with E-state index in [1.54, 1.807) is 25.1 Å². The van der Waals surface area contributed by atoms with E-state index >= 15 is 0 Å². The van der Waals surface area contributed by atoms with Gasteiger partial charge in [0.25, 0.3) is 0 Å². The minimum atomic E-state index is -0.440. The second kappa shape index (κ2) is 8.37. The van der Waals surface area contributed by atoms with Gasteiger partial charge in [-0.25, -0.2) is 4.79 Å². The lowest BCUT2D eigenvalue weighted by Crippen LogP contribution is -2.30. The monoisotopic (exact) mass is 347 g/mol. The SMILES string of the molecule is CCOC(=O)c1cc(NC(=O)C2(C)CCCC2)ccc1OCC(C)C. The fraction of sp³-hybridized carbons (Fsp3) is 0.600. The molecule has 0 atom stereocenters. The molecule has 0 radical (unpaired) electrons. The molecular formula is C20H29NO4. The Bertz CT molecular complexity index is 618. The van der Waals surface area contributed by atoms with Crippen LogP contribution in [-0.4, -0.2) is 25.1 Å². The second-order valence-corrected chi connectivity index (χ2v) is 7.36. The van der Waals surface area contributed by atoms with Crippen LogP contribution in [0.4, 0.5) is 5.69 Å². The summed E-state index contributed by atoms with van der Waals surface area (Å²) in [5.41, 5.74) is 0.617. The van der Waals surface area contributed by atoms with Crippen LogP contribution in [0.1, 0.15) is 63.7 Å². The van der Waals surface area contributed by atoms with Crippen molar-refractivity contribution in [3.63, 3.8) is 0 Å². The van der Waals surface area contributed by atoms with Crippen molar-refractivity contribution in [2.75, 3.05) is 18.5 Å². The highest BCUT2D eigenvalue weighted by atomic mass is 16.5. The molecule has 0 heterocycles. The lowest BCUT2D eigenvalue weighted by molar-refractivity contribution is -0.124. The quantitative estimate of drug-likeness (QED) is 0.742. The largest absolute Gasteiger partial charge is 0.492 e. The highest BCUT2D eigenvalue weighted by Crippen LogP contribution is 2.38. The summed E-state index contributed by atoms with van der Waals surface area (Å²) < 4.78 is 10.9. The fourth-order valence-corrected chi connectivity index (χ4v) is 3.02. The van der Waals surface area contributed by atoms with Crippen LogP contribution >= 0.6 is 0 Å². The Labute approximate surface area is 150 Å². The highest BCUT2D eigenvalue weighted by molar-refractivity contribution is 5.98. The first-order chi connectivity index (χ1) is 11.9. The third-order valence-corrected chi connectivity index (χ3v) is 4.56. The third-order valence-electron chi connectivity index (χ3n) is 4.56. The van der Waals surface area contributed by atoms with Crippen LogP contribution in [0, 0.1) is 11.3 Å². The zero-order chi connectivity index (χ0) is 18.4. The van der Waals surface area contributed by atoms with E-state index in [2.05, 4.69) is 5.32 Å². The van der Waals surface area contributed by atoms with E-state index in [-0.39, 0.29) is 17.9 Å². The average molecular weight is 347 g/mol. The smallest absolute Gasteiger partial charge is 0.341 e. The molecule has 1 N–H and O–H groups in total. The van der Waals surface area contributed by atoms with Gasteiger partial charge in [0.15, 0.2) is 0 Å². The van der Waals surface area contributed by atoms with Crippen molar-refractivity contribution >= 4 is 17.6 Å². The maximum absolute atomic E-state index is 12.6. The minimum Gasteiger partial charge on any atom is -0.492 e. The molecule has 1 saturated carbocycles. The van der Waals surface area contributed by atoms with E-state index in [0.717, 1.165) is 25.7 Å². The molecule has 0 aliphatic heterocycles. The Balaban J connectivity index is 2.20. The maximum atomic E-state index is 12.6. The van der Waals surface area contributed by atoms with Crippen molar-refractivity contribution in [1.29, 1.82) is 0 Å². The molecule has 138 valence electrons. The standard InChI is InChI=1S/C20H29NO4/c1-5-24-18(22)16-12-15(8-9-17(16)25-13-14(2)3)21-19(23)20(4)10-6-7-11-20/h8-9,12,14H,5-7,10-11,13H2,1-4H3,(H,21,23). The van der Waals surface area contributed by atoms with Gasteiger partial charge < -0.3 is 14.8 Å². The van der Waals surface area contributed by atoms with E-state index in [9.17, 15) is 9.59 Å². The summed E-state index contributed by atoms with van der Waals surface area (Å²) in [6.07, 6.45) is 3.97. The van der Waals surface area contributed by atoms with Crippen LogP contribution in [-0.2, 0) is 9.53 Å². The van der Waals surface area contributed by atoms with Gasteiger partial charge in [0.1, 0.15) is 11.3 Å². The van der Waals surface area contributed by atoms with Crippen molar-refractivity contribution in [2.45, 2.75) is 53.4 Å². The molecular weight excluding hydrogens is 318 g/mol. The third kappa shape index (κ3) is 4.97. The fourth-order valence-electron chi connectivity index (χ4n) is 3.02. The molecule has 1 amide bonds. The molecule has 5 nitrogen and oxygen atoms in total. The number of anilines is 1. The van der Waals surface area contributed by atoms with Gasteiger partial charge in [-0.3, -0.25) is 4.79 Å². The zero-order valence-corrected chi connectivity index (χ0v) is 15.7. The topological polar surface area (TPSA) is 64.6 Å². The first-order valence-corrected chi connectivity index (χ1v) is 9.11. The van der Waals surface area contributed by atoms with Gasteiger partial charge in [-0.1, -0.05) is 33.6 Å². The lowest BCUT2D eigenvalue weighted by Gasteiger charge is -2.22. The minimum absolute atomic E-state index is 0.00987. The molecule has 1 aromatic rings. The molecule has 1 aromatic carbocycles. The molecule has 25 heavy (non-hydrogen) atoms. The van der Waals surface area contributed by atoms with Crippen LogP contribution in [0.2, 0.25) is 0 Å². The van der Waals surface area contributed by atoms with E-state index in [0.29, 0.717) is 29.5 Å². The Morgan fingerprint density at radius 2 is 1.92 bits per heavy atom. The van der Waals surface area contributed by atoms with Gasteiger partial charge in [0, 0.05) is 11.1 Å². The van der Waals surface area contributed by atoms with Gasteiger partial charge >= 0.3 is 5.97 Å². The summed E-state index contributed by atoms with van der Waals surface area (Å²) in [6.45, 7) is 8.65. The van der Waals surface area contributed by atoms with Crippen LogP contribution in [0.5, 0.6) is 5.75 Å².